The van der Waals surface area contributed by atoms with E-state index >= 15 is 0 Å². The summed E-state index contributed by atoms with van der Waals surface area (Å²) in [5.74, 6) is 0. The van der Waals surface area contributed by atoms with Gasteiger partial charge in [-0.05, 0) is 24.3 Å². The number of hydrogen-bond donors (Lipinski definition) is 1. The minimum atomic E-state index is -2.27. The van der Waals surface area contributed by atoms with Crippen LogP contribution in [0.1, 0.15) is 0 Å². The van der Waals surface area contributed by atoms with E-state index in [9.17, 15) is 0 Å². The summed E-state index contributed by atoms with van der Waals surface area (Å²) in [6.45, 7) is 0. The molecule has 0 saturated carbocycles. The Kier molecular flexibility index (Phi) is 5.18. The van der Waals surface area contributed by atoms with Crippen LogP contribution in [0.2, 0.25) is 0 Å². The highest BCUT2D eigenvalue weighted by molar-refractivity contribution is 7.82. The summed E-state index contributed by atoms with van der Waals surface area (Å²) in [5.41, 5.74) is 2.04. The molecule has 0 amide bonds. The van der Waals surface area contributed by atoms with Gasteiger partial charge in [0.1, 0.15) is 7.21 Å². The predicted molar refractivity (Wildman–Crippen MR) is 118 cm³/mol. The average Bonchev–Trinajstić information content (AvgIpc) is 2.76. The maximum atomic E-state index is 5.33. The van der Waals surface area contributed by atoms with Crippen molar-refractivity contribution in [1.82, 2.24) is 0 Å². The van der Waals surface area contributed by atoms with E-state index in [0.717, 1.165) is 11.4 Å². The van der Waals surface area contributed by atoms with Crippen LogP contribution in [0.3, 0.4) is 0 Å². The normalized spacial score (nSPS) is 11.0. The van der Waals surface area contributed by atoms with E-state index in [-0.39, 0.29) is 0 Å². The average molecular weight is 368 g/mol. The van der Waals surface area contributed by atoms with E-state index < -0.39 is 7.21 Å². The van der Waals surface area contributed by atoms with Crippen LogP contribution >= 0.6 is 7.21 Å². The molecule has 0 fully saturated rings. The minimum Gasteiger partial charge on any atom is -0.345 e. The first kappa shape index (κ1) is 17.3. The molecule has 2 nitrogen and oxygen atoms in total. The monoisotopic (exact) mass is 368 g/mol. The van der Waals surface area contributed by atoms with E-state index in [1.807, 2.05) is 36.4 Å². The molecule has 27 heavy (non-hydrogen) atoms. The quantitative estimate of drug-likeness (QED) is 0.417. The van der Waals surface area contributed by atoms with Gasteiger partial charge in [-0.2, -0.15) is 0 Å². The lowest BCUT2D eigenvalue weighted by Crippen LogP contribution is -2.22. The van der Waals surface area contributed by atoms with Gasteiger partial charge in [0.15, 0.2) is 0 Å². The molecule has 0 radical (unpaired) electrons. The van der Waals surface area contributed by atoms with E-state index in [1.54, 1.807) is 0 Å². The van der Waals surface area contributed by atoms with Crippen molar-refractivity contribution in [1.29, 1.82) is 0 Å². The molecule has 0 unspecified atom stereocenters. The zero-order valence-electron chi connectivity index (χ0n) is 14.9. The predicted octanol–water partition coefficient (Wildman–Crippen LogP) is 6.20. The highest BCUT2D eigenvalue weighted by Crippen LogP contribution is 2.49. The first-order chi connectivity index (χ1) is 13.4. The molecule has 0 spiro atoms. The molecule has 1 N–H and O–H groups in total. The summed E-state index contributed by atoms with van der Waals surface area (Å²) in [7, 11) is -2.27. The third-order valence-electron chi connectivity index (χ3n) is 4.35. The molecule has 0 aromatic heterocycles. The van der Waals surface area contributed by atoms with Crippen molar-refractivity contribution in [2.45, 2.75) is 0 Å². The molecule has 3 heteroatoms. The van der Waals surface area contributed by atoms with Crippen LogP contribution in [0.5, 0.6) is 0 Å². The Hall–Kier alpha value is -3.09. The maximum absolute atomic E-state index is 5.33. The second-order valence-electron chi connectivity index (χ2n) is 6.22. The molecule has 0 saturated heterocycles. The number of anilines is 1. The minimum absolute atomic E-state index is 0.974. The lowest BCUT2D eigenvalue weighted by atomic mass is 10.3. The Labute approximate surface area is 160 Å². The Morgan fingerprint density at radius 3 is 1.37 bits per heavy atom. The topological polar surface area (TPSA) is 24.4 Å². The largest absolute Gasteiger partial charge is 0.345 e. The van der Waals surface area contributed by atoms with Crippen LogP contribution in [0.25, 0.3) is 0 Å². The van der Waals surface area contributed by atoms with Crippen molar-refractivity contribution in [3.63, 3.8) is 0 Å². The van der Waals surface area contributed by atoms with E-state index in [2.05, 4.69) is 90.0 Å². The molecule has 4 aromatic rings. The number of hydrogen-bond acceptors (Lipinski definition) is 1. The third-order valence-corrected chi connectivity index (χ3v) is 7.55. The van der Waals surface area contributed by atoms with Crippen LogP contribution in [-0.2, 0) is 0 Å². The lowest BCUT2D eigenvalue weighted by Gasteiger charge is -2.28. The van der Waals surface area contributed by atoms with Crippen LogP contribution in [0.15, 0.2) is 126 Å². The van der Waals surface area contributed by atoms with Crippen molar-refractivity contribution >= 4 is 29.2 Å². The third kappa shape index (κ3) is 3.86. The van der Waals surface area contributed by atoms with E-state index in [4.69, 9.17) is 4.74 Å². The molecule has 132 valence electrons. The van der Waals surface area contributed by atoms with Gasteiger partial charge in [0.25, 0.3) is 0 Å². The van der Waals surface area contributed by atoms with Gasteiger partial charge >= 0.3 is 0 Å². The van der Waals surface area contributed by atoms with Gasteiger partial charge in [0, 0.05) is 16.3 Å². The highest BCUT2D eigenvalue weighted by atomic mass is 31.2. The number of para-hydroxylation sites is 1. The van der Waals surface area contributed by atoms with Crippen LogP contribution in [0.4, 0.5) is 11.4 Å². The van der Waals surface area contributed by atoms with Crippen molar-refractivity contribution in [3.05, 3.63) is 121 Å². The fraction of sp³-hybridized carbons (Fsp3) is 0. The summed E-state index contributed by atoms with van der Waals surface area (Å²) in [6, 6.07) is 41.7. The molecule has 4 rings (SSSR count). The van der Waals surface area contributed by atoms with Gasteiger partial charge in [-0.25, -0.2) is 4.74 Å². The van der Waals surface area contributed by atoms with Gasteiger partial charge < -0.3 is 5.09 Å². The van der Waals surface area contributed by atoms with Gasteiger partial charge in [0.2, 0.25) is 0 Å². The fourth-order valence-electron chi connectivity index (χ4n) is 3.07. The van der Waals surface area contributed by atoms with Crippen molar-refractivity contribution in [2.24, 2.45) is 4.74 Å². The van der Waals surface area contributed by atoms with Crippen LogP contribution in [0, 0.1) is 0 Å². The summed E-state index contributed by atoms with van der Waals surface area (Å²) < 4.78 is 5.33. The second kappa shape index (κ2) is 8.07. The van der Waals surface area contributed by atoms with Crippen molar-refractivity contribution < 1.29 is 0 Å². The molecular weight excluding hydrogens is 347 g/mol. The summed E-state index contributed by atoms with van der Waals surface area (Å²) in [6.07, 6.45) is 0. The SMILES string of the molecule is c1ccc(N=P(Nc2ccccc2)(c2ccccc2)c2ccccc2)cc1. The fourth-order valence-corrected chi connectivity index (χ4v) is 6.12. The van der Waals surface area contributed by atoms with E-state index in [1.165, 1.54) is 10.6 Å². The Morgan fingerprint density at radius 2 is 0.889 bits per heavy atom. The molecule has 0 bridgehead atoms. The summed E-state index contributed by atoms with van der Waals surface area (Å²) in [5, 5.41) is 6.21. The zero-order chi connectivity index (χ0) is 18.4. The number of nitrogens with zero attached hydrogens (tertiary/aromatic N) is 1. The molecular formula is C24H21N2P. The molecule has 0 atom stereocenters. The number of rotatable bonds is 5. The standard InChI is InChI=1S/C24H21N2P/c1-5-13-21(14-6-1)25-27(23-17-9-3-10-18-23,24-19-11-4-12-20-24)26-22-15-7-2-8-16-22/h1-20,25H. The van der Waals surface area contributed by atoms with E-state index in [0.29, 0.717) is 0 Å². The second-order valence-corrected chi connectivity index (χ2v) is 8.95. The highest BCUT2D eigenvalue weighted by Gasteiger charge is 2.25. The summed E-state index contributed by atoms with van der Waals surface area (Å²) in [4.78, 5) is 0. The Balaban J connectivity index is 2.01. The smallest absolute Gasteiger partial charge is 0.115 e. The molecule has 0 aliphatic rings. The van der Waals surface area contributed by atoms with Gasteiger partial charge in [-0.15, -0.1) is 0 Å². The molecule has 0 aliphatic heterocycles. The van der Waals surface area contributed by atoms with Gasteiger partial charge in [0.05, 0.1) is 5.69 Å². The van der Waals surface area contributed by atoms with Gasteiger partial charge in [-0.3, -0.25) is 0 Å². The maximum Gasteiger partial charge on any atom is 0.115 e. The lowest BCUT2D eigenvalue weighted by molar-refractivity contribution is 1.54. The van der Waals surface area contributed by atoms with Gasteiger partial charge in [-0.1, -0.05) is 97.1 Å². The zero-order valence-corrected chi connectivity index (χ0v) is 15.8. The Bertz CT molecular complexity index is 987. The summed E-state index contributed by atoms with van der Waals surface area (Å²) >= 11 is 0. The van der Waals surface area contributed by atoms with Crippen LogP contribution < -0.4 is 15.7 Å². The first-order valence-corrected chi connectivity index (χ1v) is 10.7. The number of nitrogens with one attached hydrogen (secondary N) is 1. The molecule has 0 aliphatic carbocycles. The first-order valence-electron chi connectivity index (χ1n) is 8.99. The Morgan fingerprint density at radius 1 is 0.481 bits per heavy atom. The van der Waals surface area contributed by atoms with Crippen LogP contribution in [-0.4, -0.2) is 0 Å². The number of benzene rings is 4. The molecule has 4 aromatic carbocycles. The van der Waals surface area contributed by atoms with Crippen molar-refractivity contribution in [2.75, 3.05) is 5.09 Å². The molecule has 0 heterocycles. The van der Waals surface area contributed by atoms with Crippen molar-refractivity contribution in [3.8, 4) is 0 Å².